The highest BCUT2D eigenvalue weighted by atomic mass is 35.5. The zero-order valence-electron chi connectivity index (χ0n) is 7.17. The Morgan fingerprint density at radius 1 is 1.64 bits per heavy atom. The molecule has 1 rings (SSSR count). The number of halogens is 2. The molecule has 0 atom stereocenters. The molecule has 5 heteroatoms. The van der Waals surface area contributed by atoms with Crippen LogP contribution in [0.4, 0.5) is 4.39 Å². The van der Waals surface area contributed by atoms with Crippen LogP contribution in [0.15, 0.2) is 12.1 Å². The van der Waals surface area contributed by atoms with E-state index in [4.69, 9.17) is 21.6 Å². The van der Waals surface area contributed by atoms with Crippen LogP contribution in [0.5, 0.6) is 5.75 Å². The molecule has 0 aliphatic carbocycles. The van der Waals surface area contributed by atoms with Gasteiger partial charge in [-0.2, -0.15) is 5.26 Å². The van der Waals surface area contributed by atoms with Gasteiger partial charge in [0, 0.05) is 0 Å². The monoisotopic (exact) mass is 213 g/mol. The fourth-order valence-corrected chi connectivity index (χ4v) is 1.22. The molecule has 1 aromatic rings. The molecule has 0 spiro atoms. The molecule has 3 nitrogen and oxygen atoms in total. The van der Waals surface area contributed by atoms with Gasteiger partial charge in [0.05, 0.1) is 12.7 Å². The molecule has 0 radical (unpaired) electrons. The van der Waals surface area contributed by atoms with Crippen molar-refractivity contribution in [2.24, 2.45) is 0 Å². The fourth-order valence-electron chi connectivity index (χ4n) is 1.03. The molecule has 0 aliphatic heterocycles. The molecule has 0 saturated heterocycles. The zero-order chi connectivity index (χ0) is 10.7. The lowest BCUT2D eigenvalue weighted by atomic mass is 10.1. The van der Waals surface area contributed by atoms with E-state index in [1.807, 2.05) is 0 Å². The standard InChI is InChI=1S/C9H5ClFNO2/c1-14-7-3-2-6(11)5(4-12)8(7)9(10)13/h2-3H,1H3. The Kier molecular flexibility index (Phi) is 3.05. The first-order valence-electron chi connectivity index (χ1n) is 3.58. The van der Waals surface area contributed by atoms with E-state index in [0.717, 1.165) is 6.07 Å². The van der Waals surface area contributed by atoms with Crippen LogP contribution in [0.3, 0.4) is 0 Å². The number of hydrogen-bond donors (Lipinski definition) is 0. The number of nitriles is 1. The summed E-state index contributed by atoms with van der Waals surface area (Å²) in [6.45, 7) is 0. The second-order valence-corrected chi connectivity index (χ2v) is 2.73. The summed E-state index contributed by atoms with van der Waals surface area (Å²) in [7, 11) is 1.30. The summed E-state index contributed by atoms with van der Waals surface area (Å²) in [5.41, 5.74) is -0.638. The molecular weight excluding hydrogens is 209 g/mol. The van der Waals surface area contributed by atoms with Gasteiger partial charge >= 0.3 is 0 Å². The second kappa shape index (κ2) is 4.07. The lowest BCUT2D eigenvalue weighted by Gasteiger charge is -2.06. The molecule has 0 N–H and O–H groups in total. The largest absolute Gasteiger partial charge is 0.496 e. The van der Waals surface area contributed by atoms with Gasteiger partial charge in [0.1, 0.15) is 23.2 Å². The van der Waals surface area contributed by atoms with E-state index in [0.29, 0.717) is 0 Å². The van der Waals surface area contributed by atoms with Crippen molar-refractivity contribution < 1.29 is 13.9 Å². The summed E-state index contributed by atoms with van der Waals surface area (Å²) >= 11 is 5.21. The smallest absolute Gasteiger partial charge is 0.257 e. The van der Waals surface area contributed by atoms with E-state index in [1.54, 1.807) is 6.07 Å². The van der Waals surface area contributed by atoms with Gasteiger partial charge < -0.3 is 4.74 Å². The predicted octanol–water partition coefficient (Wildman–Crippen LogP) is 2.08. The van der Waals surface area contributed by atoms with Crippen molar-refractivity contribution in [3.05, 3.63) is 29.1 Å². The van der Waals surface area contributed by atoms with Crippen LogP contribution in [0.2, 0.25) is 0 Å². The molecule has 0 bridgehead atoms. The molecule has 1 aromatic carbocycles. The van der Waals surface area contributed by atoms with Crippen molar-refractivity contribution >= 4 is 16.8 Å². The van der Waals surface area contributed by atoms with Crippen molar-refractivity contribution in [1.82, 2.24) is 0 Å². The molecule has 72 valence electrons. The van der Waals surface area contributed by atoms with Gasteiger partial charge in [-0.05, 0) is 23.7 Å². The maximum atomic E-state index is 13.0. The van der Waals surface area contributed by atoms with Crippen LogP contribution in [-0.4, -0.2) is 12.4 Å². The van der Waals surface area contributed by atoms with Crippen LogP contribution in [0.25, 0.3) is 0 Å². The van der Waals surface area contributed by atoms with Crippen LogP contribution < -0.4 is 4.74 Å². The number of carbonyl (C=O) groups excluding carboxylic acids is 1. The average molecular weight is 214 g/mol. The topological polar surface area (TPSA) is 50.1 Å². The number of nitrogens with zero attached hydrogens (tertiary/aromatic N) is 1. The first kappa shape index (κ1) is 10.5. The minimum Gasteiger partial charge on any atom is -0.496 e. The molecular formula is C9H5ClFNO2. The van der Waals surface area contributed by atoms with Gasteiger partial charge in [-0.15, -0.1) is 0 Å². The van der Waals surface area contributed by atoms with Gasteiger partial charge in [0.2, 0.25) is 0 Å². The first-order valence-corrected chi connectivity index (χ1v) is 3.96. The molecule has 0 aromatic heterocycles. The summed E-state index contributed by atoms with van der Waals surface area (Å²) in [6.07, 6.45) is 0. The Morgan fingerprint density at radius 2 is 2.29 bits per heavy atom. The molecule has 0 aliphatic rings. The summed E-state index contributed by atoms with van der Waals surface area (Å²) in [4.78, 5) is 10.9. The third-order valence-electron chi connectivity index (χ3n) is 1.64. The number of benzene rings is 1. The highest BCUT2D eigenvalue weighted by Crippen LogP contribution is 2.25. The SMILES string of the molecule is COc1ccc(F)c(C#N)c1C(=O)Cl. The minimum atomic E-state index is -0.919. The third-order valence-corrected chi connectivity index (χ3v) is 1.83. The molecule has 0 fully saturated rings. The van der Waals surface area contributed by atoms with Crippen LogP contribution >= 0.6 is 11.6 Å². The van der Waals surface area contributed by atoms with Crippen molar-refractivity contribution in [1.29, 1.82) is 5.26 Å². The Morgan fingerprint density at radius 3 is 2.71 bits per heavy atom. The Balaban J connectivity index is 3.54. The van der Waals surface area contributed by atoms with Crippen LogP contribution in [0, 0.1) is 17.1 Å². The first-order chi connectivity index (χ1) is 6.61. The maximum Gasteiger partial charge on any atom is 0.257 e. The van der Waals surface area contributed by atoms with Gasteiger partial charge in [0.15, 0.2) is 0 Å². The number of carbonyl (C=O) groups is 1. The molecule has 0 saturated carbocycles. The van der Waals surface area contributed by atoms with Crippen molar-refractivity contribution in [2.45, 2.75) is 0 Å². The lowest BCUT2D eigenvalue weighted by molar-refractivity contribution is 0.107. The fraction of sp³-hybridized carbons (Fsp3) is 0.111. The van der Waals surface area contributed by atoms with Crippen LogP contribution in [-0.2, 0) is 0 Å². The molecule has 0 amide bonds. The Hall–Kier alpha value is -1.60. The maximum absolute atomic E-state index is 13.0. The zero-order valence-corrected chi connectivity index (χ0v) is 7.93. The van der Waals surface area contributed by atoms with E-state index >= 15 is 0 Å². The number of methoxy groups -OCH3 is 1. The van der Waals surface area contributed by atoms with E-state index in [9.17, 15) is 9.18 Å². The number of ether oxygens (including phenoxy) is 1. The van der Waals surface area contributed by atoms with Gasteiger partial charge in [0.25, 0.3) is 5.24 Å². The normalized spacial score (nSPS) is 9.29. The highest BCUT2D eigenvalue weighted by molar-refractivity contribution is 6.68. The summed E-state index contributed by atoms with van der Waals surface area (Å²) < 4.78 is 17.8. The van der Waals surface area contributed by atoms with Crippen LogP contribution in [0.1, 0.15) is 15.9 Å². The lowest BCUT2D eigenvalue weighted by Crippen LogP contribution is -2.01. The summed E-state index contributed by atoms with van der Waals surface area (Å²) in [5.74, 6) is -0.708. The Bertz CT molecular complexity index is 426. The van der Waals surface area contributed by atoms with E-state index < -0.39 is 16.6 Å². The summed E-state index contributed by atoms with van der Waals surface area (Å²) in [5, 5.41) is 7.69. The minimum absolute atomic E-state index is 0.0861. The second-order valence-electron chi connectivity index (χ2n) is 2.39. The van der Waals surface area contributed by atoms with E-state index in [1.165, 1.54) is 13.2 Å². The summed E-state index contributed by atoms with van der Waals surface area (Å²) in [6, 6.07) is 3.84. The quantitative estimate of drug-likeness (QED) is 0.707. The molecule has 14 heavy (non-hydrogen) atoms. The Labute approximate surface area is 84.7 Å². The van der Waals surface area contributed by atoms with Crippen molar-refractivity contribution in [3.63, 3.8) is 0 Å². The average Bonchev–Trinajstić information content (AvgIpc) is 2.17. The van der Waals surface area contributed by atoms with Gasteiger partial charge in [-0.25, -0.2) is 4.39 Å². The predicted molar refractivity (Wildman–Crippen MR) is 47.9 cm³/mol. The highest BCUT2D eigenvalue weighted by Gasteiger charge is 2.18. The van der Waals surface area contributed by atoms with E-state index in [2.05, 4.69) is 0 Å². The number of rotatable bonds is 2. The van der Waals surface area contributed by atoms with Gasteiger partial charge in [-0.1, -0.05) is 0 Å². The molecule has 0 heterocycles. The van der Waals surface area contributed by atoms with Crippen molar-refractivity contribution in [3.8, 4) is 11.8 Å². The van der Waals surface area contributed by atoms with Gasteiger partial charge in [-0.3, -0.25) is 4.79 Å². The van der Waals surface area contributed by atoms with E-state index in [-0.39, 0.29) is 11.3 Å². The number of hydrogen-bond acceptors (Lipinski definition) is 3. The van der Waals surface area contributed by atoms with Crippen molar-refractivity contribution in [2.75, 3.05) is 7.11 Å². The molecule has 0 unspecified atom stereocenters. The third kappa shape index (κ3) is 1.68.